The number of carbonyl (C=O) groups is 1. The standard InChI is InChI=1S/C15H17N3O2/c1-2-20-14-6-4-3-5-13(14)15(19)17-7-8-18-11-16-9-12(18)10-17/h3-6,9,11H,2,7-8,10H2,1H3. The average Bonchev–Trinajstić information content (AvgIpc) is 2.95. The van der Waals surface area contributed by atoms with Crippen molar-refractivity contribution in [1.29, 1.82) is 0 Å². The van der Waals surface area contributed by atoms with Crippen LogP contribution in [0, 0.1) is 0 Å². The van der Waals surface area contributed by atoms with Crippen molar-refractivity contribution in [2.45, 2.75) is 20.0 Å². The van der Waals surface area contributed by atoms with Gasteiger partial charge in [-0.2, -0.15) is 0 Å². The van der Waals surface area contributed by atoms with Crippen LogP contribution >= 0.6 is 0 Å². The van der Waals surface area contributed by atoms with E-state index in [2.05, 4.69) is 9.55 Å². The third kappa shape index (κ3) is 2.27. The van der Waals surface area contributed by atoms with Crippen LogP contribution in [0.2, 0.25) is 0 Å². The van der Waals surface area contributed by atoms with Crippen molar-refractivity contribution < 1.29 is 9.53 Å². The van der Waals surface area contributed by atoms with E-state index < -0.39 is 0 Å². The van der Waals surface area contributed by atoms with E-state index in [1.807, 2.05) is 48.6 Å². The number of benzene rings is 1. The molecule has 0 N–H and O–H groups in total. The van der Waals surface area contributed by atoms with Crippen molar-refractivity contribution in [3.63, 3.8) is 0 Å². The third-order valence-electron chi connectivity index (χ3n) is 3.47. The molecule has 1 aromatic carbocycles. The van der Waals surface area contributed by atoms with Gasteiger partial charge in [-0.3, -0.25) is 4.79 Å². The lowest BCUT2D eigenvalue weighted by molar-refractivity contribution is 0.0707. The summed E-state index contributed by atoms with van der Waals surface area (Å²) in [7, 11) is 0. The van der Waals surface area contributed by atoms with Crippen molar-refractivity contribution >= 4 is 5.91 Å². The number of aromatic nitrogens is 2. The van der Waals surface area contributed by atoms with E-state index in [0.29, 0.717) is 31.0 Å². The van der Waals surface area contributed by atoms with Crippen molar-refractivity contribution in [2.24, 2.45) is 0 Å². The van der Waals surface area contributed by atoms with Crippen molar-refractivity contribution in [3.05, 3.63) is 48.0 Å². The first-order valence-corrected chi connectivity index (χ1v) is 6.79. The van der Waals surface area contributed by atoms with Gasteiger partial charge in [0.15, 0.2) is 0 Å². The molecular formula is C15H17N3O2. The van der Waals surface area contributed by atoms with Gasteiger partial charge < -0.3 is 14.2 Å². The van der Waals surface area contributed by atoms with Crippen molar-refractivity contribution in [3.8, 4) is 5.75 Å². The van der Waals surface area contributed by atoms with Crippen LogP contribution in [0.3, 0.4) is 0 Å². The SMILES string of the molecule is CCOc1ccccc1C(=O)N1CCn2cncc2C1. The molecule has 0 unspecified atom stereocenters. The Morgan fingerprint density at radius 2 is 2.20 bits per heavy atom. The van der Waals surface area contributed by atoms with E-state index >= 15 is 0 Å². The summed E-state index contributed by atoms with van der Waals surface area (Å²) in [5.74, 6) is 0.667. The first-order chi connectivity index (χ1) is 9.79. The number of hydrogen-bond donors (Lipinski definition) is 0. The minimum absolute atomic E-state index is 0.0153. The average molecular weight is 271 g/mol. The van der Waals surface area contributed by atoms with E-state index in [9.17, 15) is 4.79 Å². The first-order valence-electron chi connectivity index (χ1n) is 6.79. The molecule has 0 radical (unpaired) electrons. The quantitative estimate of drug-likeness (QED) is 0.857. The van der Waals surface area contributed by atoms with E-state index in [1.54, 1.807) is 0 Å². The maximum atomic E-state index is 12.6. The molecule has 1 aromatic heterocycles. The molecule has 0 bridgehead atoms. The zero-order valence-corrected chi connectivity index (χ0v) is 11.5. The molecule has 2 heterocycles. The Balaban J connectivity index is 1.83. The number of carbonyl (C=O) groups excluding carboxylic acids is 1. The van der Waals surface area contributed by atoms with Gasteiger partial charge in [0, 0.05) is 19.3 Å². The Kier molecular flexibility index (Phi) is 3.41. The second-order valence-corrected chi connectivity index (χ2v) is 4.73. The maximum absolute atomic E-state index is 12.6. The van der Waals surface area contributed by atoms with Gasteiger partial charge >= 0.3 is 0 Å². The van der Waals surface area contributed by atoms with Gasteiger partial charge in [-0.15, -0.1) is 0 Å². The number of nitrogens with zero attached hydrogens (tertiary/aromatic N) is 3. The number of rotatable bonds is 3. The normalized spacial score (nSPS) is 13.9. The van der Waals surface area contributed by atoms with Crippen LogP contribution in [-0.2, 0) is 13.1 Å². The van der Waals surface area contributed by atoms with Gasteiger partial charge in [0.1, 0.15) is 5.75 Å². The van der Waals surface area contributed by atoms with Gasteiger partial charge in [0.25, 0.3) is 5.91 Å². The predicted molar refractivity (Wildman–Crippen MR) is 74.6 cm³/mol. The third-order valence-corrected chi connectivity index (χ3v) is 3.47. The number of para-hydroxylation sites is 1. The van der Waals surface area contributed by atoms with E-state index in [1.165, 1.54) is 0 Å². The van der Waals surface area contributed by atoms with Gasteiger partial charge in [-0.1, -0.05) is 12.1 Å². The molecule has 5 nitrogen and oxygen atoms in total. The number of fused-ring (bicyclic) bond motifs is 1. The van der Waals surface area contributed by atoms with Gasteiger partial charge in [0.2, 0.25) is 0 Å². The Bertz CT molecular complexity index is 621. The lowest BCUT2D eigenvalue weighted by Crippen LogP contribution is -2.38. The molecule has 2 aromatic rings. The van der Waals surface area contributed by atoms with Gasteiger partial charge in [-0.25, -0.2) is 4.98 Å². The zero-order valence-electron chi connectivity index (χ0n) is 11.5. The topological polar surface area (TPSA) is 47.4 Å². The molecule has 0 atom stereocenters. The molecule has 0 fully saturated rings. The largest absolute Gasteiger partial charge is 0.493 e. The highest BCUT2D eigenvalue weighted by atomic mass is 16.5. The molecule has 5 heteroatoms. The summed E-state index contributed by atoms with van der Waals surface area (Å²) >= 11 is 0. The summed E-state index contributed by atoms with van der Waals surface area (Å²) in [6, 6.07) is 7.40. The van der Waals surface area contributed by atoms with Crippen LogP contribution in [-0.4, -0.2) is 33.5 Å². The molecule has 1 amide bonds. The summed E-state index contributed by atoms with van der Waals surface area (Å²) in [4.78, 5) is 18.6. The summed E-state index contributed by atoms with van der Waals surface area (Å²) in [6.45, 7) is 4.55. The highest BCUT2D eigenvalue weighted by molar-refractivity contribution is 5.97. The Labute approximate surface area is 117 Å². The lowest BCUT2D eigenvalue weighted by atomic mass is 10.1. The summed E-state index contributed by atoms with van der Waals surface area (Å²) in [6.07, 6.45) is 3.62. The van der Waals surface area contributed by atoms with Crippen LogP contribution in [0.15, 0.2) is 36.8 Å². The highest BCUT2D eigenvalue weighted by Gasteiger charge is 2.23. The monoisotopic (exact) mass is 271 g/mol. The van der Waals surface area contributed by atoms with Crippen molar-refractivity contribution in [1.82, 2.24) is 14.5 Å². The van der Waals surface area contributed by atoms with Crippen molar-refractivity contribution in [2.75, 3.05) is 13.2 Å². The van der Waals surface area contributed by atoms with Crippen LogP contribution < -0.4 is 4.74 Å². The Hall–Kier alpha value is -2.30. The molecule has 104 valence electrons. The number of hydrogen-bond acceptors (Lipinski definition) is 3. The lowest BCUT2D eigenvalue weighted by Gasteiger charge is -2.28. The van der Waals surface area contributed by atoms with Crippen LogP contribution in [0.4, 0.5) is 0 Å². The summed E-state index contributed by atoms with van der Waals surface area (Å²) in [5.41, 5.74) is 1.70. The second-order valence-electron chi connectivity index (χ2n) is 4.73. The highest BCUT2D eigenvalue weighted by Crippen LogP contribution is 2.22. The minimum atomic E-state index is 0.0153. The molecule has 0 aliphatic carbocycles. The fraction of sp³-hybridized carbons (Fsp3) is 0.333. The molecule has 0 saturated carbocycles. The molecular weight excluding hydrogens is 254 g/mol. The maximum Gasteiger partial charge on any atom is 0.258 e. The molecule has 1 aliphatic heterocycles. The summed E-state index contributed by atoms with van der Waals surface area (Å²) in [5, 5.41) is 0. The zero-order chi connectivity index (χ0) is 13.9. The molecule has 0 saturated heterocycles. The second kappa shape index (κ2) is 5.36. The fourth-order valence-corrected chi connectivity index (χ4v) is 2.45. The number of ether oxygens (including phenoxy) is 1. The molecule has 0 spiro atoms. The van der Waals surface area contributed by atoms with Gasteiger partial charge in [-0.05, 0) is 19.1 Å². The molecule has 20 heavy (non-hydrogen) atoms. The fourth-order valence-electron chi connectivity index (χ4n) is 2.45. The number of imidazole rings is 1. The van der Waals surface area contributed by atoms with E-state index in [4.69, 9.17) is 4.74 Å². The Morgan fingerprint density at radius 3 is 3.05 bits per heavy atom. The number of amides is 1. The van der Waals surface area contributed by atoms with Crippen LogP contribution in [0.1, 0.15) is 23.0 Å². The summed E-state index contributed by atoms with van der Waals surface area (Å²) < 4.78 is 7.62. The van der Waals surface area contributed by atoms with Crippen LogP contribution in [0.5, 0.6) is 5.75 Å². The molecule has 3 rings (SSSR count). The first kappa shape index (κ1) is 12.7. The Morgan fingerprint density at radius 1 is 1.35 bits per heavy atom. The van der Waals surface area contributed by atoms with E-state index in [0.717, 1.165) is 12.2 Å². The minimum Gasteiger partial charge on any atom is -0.493 e. The van der Waals surface area contributed by atoms with E-state index in [-0.39, 0.29) is 5.91 Å². The molecule has 1 aliphatic rings. The smallest absolute Gasteiger partial charge is 0.258 e. The van der Waals surface area contributed by atoms with Crippen LogP contribution in [0.25, 0.3) is 0 Å². The van der Waals surface area contributed by atoms with Gasteiger partial charge in [0.05, 0.1) is 30.7 Å². The predicted octanol–water partition coefficient (Wildman–Crippen LogP) is 1.94.